The Bertz CT molecular complexity index is 1090. The van der Waals surface area contributed by atoms with Gasteiger partial charge in [0.15, 0.2) is 0 Å². The Morgan fingerprint density at radius 3 is 2.39 bits per heavy atom. The van der Waals surface area contributed by atoms with Crippen LogP contribution in [0, 0.1) is 0 Å². The summed E-state index contributed by atoms with van der Waals surface area (Å²) in [5.41, 5.74) is 1.71. The fraction of sp³-hybridized carbons (Fsp3) is 0.600. The number of anilines is 1. The van der Waals surface area contributed by atoms with E-state index in [1.54, 1.807) is 6.07 Å². The van der Waals surface area contributed by atoms with E-state index in [0.717, 1.165) is 61.1 Å². The molecular weight excluding hydrogens is 550 g/mol. The van der Waals surface area contributed by atoms with Gasteiger partial charge in [-0.15, -0.1) is 11.3 Å². The standard InChI is InChI=1S/C30H43NO9S/c1-2-3-4-8-23(33)19-9-11-21(12-10-19)31-20(13-16-27(31)36)6-5-7-22-14-15-26(41-22)30(39)40-18-25(35)29(38)28(37)24(34)17-32/h9-12,14-15,20,23-25,28-29,32-35,37-38H,2-8,13,16-18H2,1H3/t20-,23-,24+,25+,28+,29-/m0/s1. The third-order valence-electron chi connectivity index (χ3n) is 7.50. The predicted molar refractivity (Wildman–Crippen MR) is 155 cm³/mol. The quantitative estimate of drug-likeness (QED) is 0.119. The van der Waals surface area contributed by atoms with Crippen molar-refractivity contribution in [3.63, 3.8) is 0 Å². The number of ether oxygens (including phenoxy) is 1. The zero-order valence-electron chi connectivity index (χ0n) is 23.5. The summed E-state index contributed by atoms with van der Waals surface area (Å²) < 4.78 is 5.04. The molecule has 6 N–H and O–H groups in total. The van der Waals surface area contributed by atoms with Crippen molar-refractivity contribution in [2.24, 2.45) is 0 Å². The van der Waals surface area contributed by atoms with Crippen molar-refractivity contribution in [3.8, 4) is 0 Å². The number of hydrogen-bond acceptors (Lipinski definition) is 10. The van der Waals surface area contributed by atoms with Crippen LogP contribution in [0.2, 0.25) is 0 Å². The van der Waals surface area contributed by atoms with Crippen LogP contribution in [0.1, 0.15) is 84.5 Å². The second kappa shape index (κ2) is 16.3. The normalized spacial score (nSPS) is 19.1. The molecule has 0 unspecified atom stereocenters. The lowest BCUT2D eigenvalue weighted by atomic mass is 10.0. The van der Waals surface area contributed by atoms with Gasteiger partial charge in [-0.3, -0.25) is 4.79 Å². The van der Waals surface area contributed by atoms with Gasteiger partial charge in [-0.2, -0.15) is 0 Å². The highest BCUT2D eigenvalue weighted by atomic mass is 32.1. The van der Waals surface area contributed by atoms with Crippen molar-refractivity contribution in [2.45, 2.75) is 101 Å². The molecule has 41 heavy (non-hydrogen) atoms. The van der Waals surface area contributed by atoms with Gasteiger partial charge in [-0.05, 0) is 61.9 Å². The average molecular weight is 594 g/mol. The maximum Gasteiger partial charge on any atom is 0.348 e. The lowest BCUT2D eigenvalue weighted by Crippen LogP contribution is -2.47. The van der Waals surface area contributed by atoms with E-state index in [4.69, 9.17) is 9.84 Å². The number of aliphatic hydroxyl groups is 6. The van der Waals surface area contributed by atoms with E-state index in [-0.39, 0.29) is 11.9 Å². The first kappa shape index (κ1) is 33.1. The zero-order chi connectivity index (χ0) is 29.9. The number of carbonyl (C=O) groups excluding carboxylic acids is 2. The predicted octanol–water partition coefficient (Wildman–Crippen LogP) is 2.47. The van der Waals surface area contributed by atoms with Gasteiger partial charge in [0, 0.05) is 23.0 Å². The summed E-state index contributed by atoms with van der Waals surface area (Å²) in [5.74, 6) is -0.589. The minimum Gasteiger partial charge on any atom is -0.459 e. The summed E-state index contributed by atoms with van der Waals surface area (Å²) in [4.78, 5) is 28.2. The number of aliphatic hydroxyl groups excluding tert-OH is 6. The summed E-state index contributed by atoms with van der Waals surface area (Å²) in [7, 11) is 0. The number of nitrogens with zero attached hydrogens (tertiary/aromatic N) is 1. The van der Waals surface area contributed by atoms with Gasteiger partial charge >= 0.3 is 5.97 Å². The van der Waals surface area contributed by atoms with Gasteiger partial charge in [-0.25, -0.2) is 4.79 Å². The Morgan fingerprint density at radius 2 is 1.71 bits per heavy atom. The number of thiophene rings is 1. The highest BCUT2D eigenvalue weighted by Crippen LogP contribution is 2.31. The first-order valence-corrected chi connectivity index (χ1v) is 15.2. The molecule has 1 saturated heterocycles. The van der Waals surface area contributed by atoms with Gasteiger partial charge in [-0.1, -0.05) is 38.3 Å². The molecule has 10 nitrogen and oxygen atoms in total. The molecule has 228 valence electrons. The molecular formula is C30H43NO9S. The van der Waals surface area contributed by atoms with Crippen LogP contribution < -0.4 is 4.90 Å². The molecule has 6 atom stereocenters. The Labute approximate surface area is 244 Å². The van der Waals surface area contributed by atoms with E-state index < -0.39 is 49.7 Å². The summed E-state index contributed by atoms with van der Waals surface area (Å²) in [6.45, 7) is 0.745. The molecule has 11 heteroatoms. The monoisotopic (exact) mass is 593 g/mol. The van der Waals surface area contributed by atoms with E-state index in [1.165, 1.54) is 11.3 Å². The summed E-state index contributed by atoms with van der Waals surface area (Å²) in [6.07, 6.45) is 0.152. The molecule has 1 fully saturated rings. The third-order valence-corrected chi connectivity index (χ3v) is 8.62. The highest BCUT2D eigenvalue weighted by molar-refractivity contribution is 7.13. The molecule has 0 radical (unpaired) electrons. The largest absolute Gasteiger partial charge is 0.459 e. The van der Waals surface area contributed by atoms with Crippen LogP contribution >= 0.6 is 11.3 Å². The molecule has 2 aromatic rings. The number of benzene rings is 1. The van der Waals surface area contributed by atoms with Crippen LogP contribution in [0.4, 0.5) is 5.69 Å². The first-order chi connectivity index (χ1) is 19.7. The van der Waals surface area contributed by atoms with Crippen molar-refractivity contribution in [1.29, 1.82) is 0 Å². The number of rotatable bonds is 17. The molecule has 0 saturated carbocycles. The molecule has 1 amide bonds. The second-order valence-electron chi connectivity index (χ2n) is 10.6. The molecule has 1 aromatic heterocycles. The molecule has 1 aromatic carbocycles. The minimum atomic E-state index is -1.80. The van der Waals surface area contributed by atoms with E-state index in [2.05, 4.69) is 6.92 Å². The third kappa shape index (κ3) is 9.31. The number of aryl methyl sites for hydroxylation is 1. The van der Waals surface area contributed by atoms with Gasteiger partial charge in [0.25, 0.3) is 0 Å². The topological polar surface area (TPSA) is 168 Å². The SMILES string of the molecule is CCCCC[C@H](O)c1ccc(N2C(=O)CC[C@@H]2CCCc2ccc(C(=O)OC[C@@H](O)[C@H](O)[C@H](O)[C@H](O)CO)s2)cc1. The molecule has 0 spiro atoms. The van der Waals surface area contributed by atoms with Crippen molar-refractivity contribution in [1.82, 2.24) is 0 Å². The van der Waals surface area contributed by atoms with E-state index in [9.17, 15) is 35.1 Å². The average Bonchev–Trinajstić information content (AvgIpc) is 3.61. The molecule has 1 aliphatic rings. The lowest BCUT2D eigenvalue weighted by Gasteiger charge is -2.25. The maximum absolute atomic E-state index is 12.7. The molecule has 1 aliphatic heterocycles. The summed E-state index contributed by atoms with van der Waals surface area (Å²) in [6, 6.07) is 11.2. The number of carbonyl (C=O) groups is 2. The first-order valence-electron chi connectivity index (χ1n) is 14.3. The maximum atomic E-state index is 12.7. The Kier molecular flexibility index (Phi) is 13.2. The van der Waals surface area contributed by atoms with Crippen molar-refractivity contribution >= 4 is 28.9 Å². The summed E-state index contributed by atoms with van der Waals surface area (Å²) >= 11 is 1.26. The lowest BCUT2D eigenvalue weighted by molar-refractivity contribution is -0.124. The summed E-state index contributed by atoms with van der Waals surface area (Å²) in [5, 5.41) is 58.1. The van der Waals surface area contributed by atoms with Crippen LogP contribution in [0.5, 0.6) is 0 Å². The van der Waals surface area contributed by atoms with E-state index in [0.29, 0.717) is 17.7 Å². The van der Waals surface area contributed by atoms with Gasteiger partial charge in [0.05, 0.1) is 12.7 Å². The Hall–Kier alpha value is -2.38. The van der Waals surface area contributed by atoms with Crippen LogP contribution in [0.15, 0.2) is 36.4 Å². The van der Waals surface area contributed by atoms with E-state index >= 15 is 0 Å². The highest BCUT2D eigenvalue weighted by Gasteiger charge is 2.32. The molecule has 2 heterocycles. The van der Waals surface area contributed by atoms with Gasteiger partial charge < -0.3 is 40.3 Å². The Morgan fingerprint density at radius 1 is 1.00 bits per heavy atom. The minimum absolute atomic E-state index is 0.0832. The van der Waals surface area contributed by atoms with Crippen molar-refractivity contribution < 1.29 is 45.0 Å². The van der Waals surface area contributed by atoms with Crippen molar-refractivity contribution in [2.75, 3.05) is 18.1 Å². The fourth-order valence-corrected chi connectivity index (χ4v) is 5.95. The smallest absolute Gasteiger partial charge is 0.348 e. The molecule has 0 aliphatic carbocycles. The van der Waals surface area contributed by atoms with Crippen LogP contribution in [0.25, 0.3) is 0 Å². The van der Waals surface area contributed by atoms with Crippen LogP contribution in [-0.2, 0) is 16.0 Å². The number of hydrogen-bond donors (Lipinski definition) is 6. The number of unbranched alkanes of at least 4 members (excludes halogenated alkanes) is 2. The number of amides is 1. The Balaban J connectivity index is 1.47. The molecule has 3 rings (SSSR count). The second-order valence-corrected chi connectivity index (χ2v) is 11.8. The van der Waals surface area contributed by atoms with E-state index in [1.807, 2.05) is 35.2 Å². The van der Waals surface area contributed by atoms with Gasteiger partial charge in [0.1, 0.15) is 35.9 Å². The number of esters is 1. The van der Waals surface area contributed by atoms with Gasteiger partial charge in [0.2, 0.25) is 5.91 Å². The van der Waals surface area contributed by atoms with Crippen LogP contribution in [0.3, 0.4) is 0 Å². The van der Waals surface area contributed by atoms with Crippen LogP contribution in [-0.4, -0.2) is 86.2 Å². The zero-order valence-corrected chi connectivity index (χ0v) is 24.3. The fourth-order valence-electron chi connectivity index (χ4n) is 5.01. The van der Waals surface area contributed by atoms with Crippen molar-refractivity contribution in [3.05, 3.63) is 51.7 Å². The molecule has 0 bridgehead atoms.